The molecule has 0 aromatic heterocycles. The highest BCUT2D eigenvalue weighted by Crippen LogP contribution is 1.83. The van der Waals surface area contributed by atoms with Crippen LogP contribution >= 0.6 is 0 Å². The number of hydrogen-bond acceptors (Lipinski definition) is 2. The van der Waals surface area contributed by atoms with Gasteiger partial charge >= 0.3 is 0 Å². The molecule has 0 aliphatic rings. The van der Waals surface area contributed by atoms with E-state index in [1.165, 1.54) is 6.54 Å². The fraction of sp³-hybridized carbons (Fsp3) is 1.00. The Morgan fingerprint density at radius 3 is 1.38 bits per heavy atom. The van der Waals surface area contributed by atoms with Crippen molar-refractivity contribution < 1.29 is 15.0 Å². The van der Waals surface area contributed by atoms with E-state index >= 15 is 0 Å². The van der Waals surface area contributed by atoms with E-state index in [4.69, 9.17) is 10.5 Å². The van der Waals surface area contributed by atoms with E-state index in [2.05, 4.69) is 28.1 Å². The van der Waals surface area contributed by atoms with Crippen LogP contribution in [-0.4, -0.2) is 37.4 Å². The molecule has 0 rings (SSSR count). The number of quaternary nitrogens is 1. The molecule has 0 saturated carbocycles. The minimum Gasteiger partial charge on any atom is -0.727 e. The second kappa shape index (κ2) is 5.03. The fourth-order valence-electron chi connectivity index (χ4n) is 0. The van der Waals surface area contributed by atoms with E-state index in [9.17, 15) is 0 Å². The van der Waals surface area contributed by atoms with Gasteiger partial charge < -0.3 is 15.0 Å². The minimum atomic E-state index is 1.07. The maximum absolute atomic E-state index is 7.25. The lowest BCUT2D eigenvalue weighted by Crippen LogP contribution is -2.33. The van der Waals surface area contributed by atoms with Crippen LogP contribution < -0.4 is 5.26 Å². The first-order chi connectivity index (χ1) is 3.56. The maximum atomic E-state index is 7.25. The highest BCUT2D eigenvalue weighted by Gasteiger charge is 1.97. The van der Waals surface area contributed by atoms with Gasteiger partial charge in [0.1, 0.15) is 0 Å². The van der Waals surface area contributed by atoms with Crippen LogP contribution in [0.5, 0.6) is 0 Å². The van der Waals surface area contributed by atoms with Gasteiger partial charge in [0, 0.05) is 0 Å². The predicted octanol–water partition coefficient (Wildman–Crippen LogP) is -0.468. The average Bonchev–Trinajstić information content (AvgIpc) is 1.71. The molecule has 8 heavy (non-hydrogen) atoms. The molecule has 0 aliphatic carbocycles. The molecule has 0 atom stereocenters. The van der Waals surface area contributed by atoms with Crippen molar-refractivity contribution in [1.29, 1.82) is 0 Å². The van der Waals surface area contributed by atoms with Crippen molar-refractivity contribution in [3.8, 4) is 0 Å². The summed E-state index contributed by atoms with van der Waals surface area (Å²) < 4.78 is 1.07. The lowest BCUT2D eigenvalue weighted by molar-refractivity contribution is -0.868. The molecule has 0 saturated heterocycles. The normalized spacial score (nSPS) is 9.75. The Morgan fingerprint density at radius 2 is 1.38 bits per heavy atom. The van der Waals surface area contributed by atoms with Gasteiger partial charge in [-0.2, -0.15) is 0 Å². The van der Waals surface area contributed by atoms with Crippen molar-refractivity contribution in [3.63, 3.8) is 0 Å². The Morgan fingerprint density at radius 1 is 1.25 bits per heavy atom. The van der Waals surface area contributed by atoms with E-state index < -0.39 is 0 Å². The van der Waals surface area contributed by atoms with E-state index in [0.717, 1.165) is 4.48 Å². The van der Waals surface area contributed by atoms with Gasteiger partial charge in [0.15, 0.2) is 0 Å². The summed E-state index contributed by atoms with van der Waals surface area (Å²) in [5, 5.41) is 13.0. The Hall–Kier alpha value is -0.120. The van der Waals surface area contributed by atoms with Gasteiger partial charge in [-0.3, -0.25) is 0 Å². The van der Waals surface area contributed by atoms with Crippen molar-refractivity contribution in [2.75, 3.05) is 27.7 Å². The lowest BCUT2D eigenvalue weighted by Gasteiger charge is -2.20. The van der Waals surface area contributed by atoms with Crippen LogP contribution in [0.4, 0.5) is 0 Å². The summed E-state index contributed by atoms with van der Waals surface area (Å²) in [5.41, 5.74) is 0. The summed E-state index contributed by atoms with van der Waals surface area (Å²) >= 11 is 0. The topological polar surface area (TPSA) is 43.3 Å². The standard InChI is InChI=1S/C5H14N.H2O2/c1-5-6(2,3)4;1-2/h5H2,1-4H3;1-2H/q+1;/p-1. The summed E-state index contributed by atoms with van der Waals surface area (Å²) in [6.07, 6.45) is 0. The number of nitrogens with zero attached hydrogens (tertiary/aromatic N) is 1. The molecule has 0 spiro atoms. The quantitative estimate of drug-likeness (QED) is 0.289. The molecule has 0 heterocycles. The van der Waals surface area contributed by atoms with Crippen LogP contribution in [0.15, 0.2) is 0 Å². The summed E-state index contributed by atoms with van der Waals surface area (Å²) in [4.78, 5) is 0. The molecule has 3 nitrogen and oxygen atoms in total. The molecule has 52 valence electrons. The highest BCUT2D eigenvalue weighted by atomic mass is 17.0. The van der Waals surface area contributed by atoms with Crippen LogP contribution in [0.25, 0.3) is 0 Å². The highest BCUT2D eigenvalue weighted by molar-refractivity contribution is 4.06. The van der Waals surface area contributed by atoms with Crippen molar-refractivity contribution in [1.82, 2.24) is 0 Å². The molecule has 0 amide bonds. The third-order valence-electron chi connectivity index (χ3n) is 0.949. The van der Waals surface area contributed by atoms with Crippen molar-refractivity contribution in [2.45, 2.75) is 6.92 Å². The Labute approximate surface area is 50.7 Å². The molecular formula is C5H15NO2. The van der Waals surface area contributed by atoms with Crippen LogP contribution in [0, 0.1) is 0 Å². The SMILES string of the molecule is CC[N+](C)(C)C.[O-]O. The molecule has 1 N–H and O–H groups in total. The molecule has 0 aliphatic heterocycles. The summed E-state index contributed by atoms with van der Waals surface area (Å²) in [5.74, 6) is 0. The smallest absolute Gasteiger partial charge is 0.0751 e. The van der Waals surface area contributed by atoms with Crippen molar-refractivity contribution in [2.24, 2.45) is 0 Å². The molecule has 0 aromatic rings. The second-order valence-corrected chi connectivity index (χ2v) is 2.61. The summed E-state index contributed by atoms with van der Waals surface area (Å²) in [6.45, 7) is 3.39. The molecule has 3 heteroatoms. The Bertz CT molecular complexity index is 40.2. The molecule has 0 aromatic carbocycles. The first kappa shape index (κ1) is 10.8. The van der Waals surface area contributed by atoms with Crippen LogP contribution in [0.2, 0.25) is 0 Å². The average molecular weight is 121 g/mol. The third kappa shape index (κ3) is 16.9. The Balaban J connectivity index is 0. The molecular weight excluding hydrogens is 106 g/mol. The minimum absolute atomic E-state index is 1.07. The monoisotopic (exact) mass is 121 g/mol. The lowest BCUT2D eigenvalue weighted by atomic mass is 10.6. The van der Waals surface area contributed by atoms with Gasteiger partial charge in [0.05, 0.1) is 27.7 Å². The van der Waals surface area contributed by atoms with E-state index in [0.29, 0.717) is 0 Å². The van der Waals surface area contributed by atoms with Gasteiger partial charge in [-0.05, 0) is 6.92 Å². The first-order valence-electron chi connectivity index (χ1n) is 2.55. The van der Waals surface area contributed by atoms with E-state index in [1.807, 2.05) is 0 Å². The van der Waals surface area contributed by atoms with Gasteiger partial charge in [0.25, 0.3) is 0 Å². The van der Waals surface area contributed by atoms with Crippen molar-refractivity contribution >= 4 is 0 Å². The second-order valence-electron chi connectivity index (χ2n) is 2.61. The van der Waals surface area contributed by atoms with Crippen LogP contribution in [0.3, 0.4) is 0 Å². The number of hydrogen-bond donors (Lipinski definition) is 1. The van der Waals surface area contributed by atoms with Crippen molar-refractivity contribution in [3.05, 3.63) is 0 Å². The molecule has 0 fully saturated rings. The zero-order valence-corrected chi connectivity index (χ0v) is 6.01. The van der Waals surface area contributed by atoms with Gasteiger partial charge in [-0.1, -0.05) is 0 Å². The van der Waals surface area contributed by atoms with Gasteiger partial charge in [-0.25, -0.2) is 0 Å². The predicted molar refractivity (Wildman–Crippen MR) is 31.2 cm³/mol. The zero-order chi connectivity index (χ0) is 7.21. The largest absolute Gasteiger partial charge is 0.727 e. The van der Waals surface area contributed by atoms with Crippen LogP contribution in [-0.2, 0) is 0 Å². The third-order valence-corrected chi connectivity index (χ3v) is 0.949. The van der Waals surface area contributed by atoms with Gasteiger partial charge in [0.2, 0.25) is 0 Å². The molecule has 0 bridgehead atoms. The van der Waals surface area contributed by atoms with Crippen LogP contribution in [0.1, 0.15) is 6.92 Å². The zero-order valence-electron chi connectivity index (χ0n) is 6.01. The first-order valence-corrected chi connectivity index (χ1v) is 2.55. The summed E-state index contributed by atoms with van der Waals surface area (Å²) in [7, 11) is 6.54. The fourth-order valence-corrected chi connectivity index (χ4v) is 0. The number of rotatable bonds is 1. The Kier molecular flexibility index (Phi) is 6.78. The van der Waals surface area contributed by atoms with E-state index in [-0.39, 0.29) is 0 Å². The van der Waals surface area contributed by atoms with E-state index in [1.54, 1.807) is 0 Å². The van der Waals surface area contributed by atoms with Gasteiger partial charge in [-0.15, -0.1) is 0 Å². The summed E-state index contributed by atoms with van der Waals surface area (Å²) in [6, 6.07) is 0. The molecule has 0 radical (unpaired) electrons. The molecule has 0 unspecified atom stereocenters. The maximum Gasteiger partial charge on any atom is 0.0751 e.